The fourth-order valence-electron chi connectivity index (χ4n) is 4.59. The fourth-order valence-corrected chi connectivity index (χ4v) is 4.59. The Kier molecular flexibility index (Phi) is 13.0. The molecule has 3 rings (SSSR count). The van der Waals surface area contributed by atoms with E-state index in [1.54, 1.807) is 0 Å². The molecule has 3 aliphatic heterocycles. The van der Waals surface area contributed by atoms with Crippen molar-refractivity contribution in [1.29, 1.82) is 0 Å². The molecule has 17 unspecified atom stereocenters. The smallest absolute Gasteiger partial charge is 0.187 e. The molecule has 0 saturated carbocycles. The molecule has 17 atom stereocenters. The molecule has 0 aliphatic carbocycles. The van der Waals surface area contributed by atoms with E-state index >= 15 is 0 Å². The number of hydrogen-bond acceptors (Lipinski definition) is 19. The lowest BCUT2D eigenvalue weighted by molar-refractivity contribution is -0.365. The van der Waals surface area contributed by atoms with Crippen LogP contribution in [0.5, 0.6) is 0 Å². The molecule has 3 heterocycles. The number of aliphatic hydroxyl groups is 13. The van der Waals surface area contributed by atoms with Crippen molar-refractivity contribution in [2.24, 2.45) is 0 Å². The summed E-state index contributed by atoms with van der Waals surface area (Å²) in [4.78, 5) is 0. The first kappa shape index (κ1) is 34.7. The van der Waals surface area contributed by atoms with Crippen molar-refractivity contribution >= 4 is 0 Å². The van der Waals surface area contributed by atoms with Gasteiger partial charge in [0.05, 0.1) is 33.0 Å². The first-order valence-corrected chi connectivity index (χ1v) is 12.8. The van der Waals surface area contributed by atoms with Crippen LogP contribution in [0, 0.1) is 0 Å². The van der Waals surface area contributed by atoms with Crippen molar-refractivity contribution in [2.75, 3.05) is 33.0 Å². The zero-order valence-electron chi connectivity index (χ0n) is 21.6. The van der Waals surface area contributed by atoms with Crippen LogP contribution in [0.3, 0.4) is 0 Å². The van der Waals surface area contributed by atoms with Crippen LogP contribution in [0.1, 0.15) is 0 Å². The van der Waals surface area contributed by atoms with Crippen LogP contribution >= 0.6 is 0 Å². The predicted molar refractivity (Wildman–Crippen MR) is 124 cm³/mol. The van der Waals surface area contributed by atoms with E-state index < -0.39 is 137 Å². The minimum atomic E-state index is -1.89. The molecule has 13 N–H and O–H groups in total. The summed E-state index contributed by atoms with van der Waals surface area (Å²) in [6, 6.07) is 0. The van der Waals surface area contributed by atoms with Crippen molar-refractivity contribution < 1.29 is 94.8 Å². The summed E-state index contributed by atoms with van der Waals surface area (Å²) in [6.45, 7) is -3.86. The van der Waals surface area contributed by atoms with Crippen LogP contribution < -0.4 is 0 Å². The van der Waals surface area contributed by atoms with Crippen molar-refractivity contribution in [3.8, 4) is 0 Å². The second-order valence-corrected chi connectivity index (χ2v) is 9.96. The first-order valence-electron chi connectivity index (χ1n) is 12.8. The lowest BCUT2D eigenvalue weighted by atomic mass is 9.97. The van der Waals surface area contributed by atoms with Crippen LogP contribution in [0.4, 0.5) is 0 Å². The summed E-state index contributed by atoms with van der Waals surface area (Å²) in [5.41, 5.74) is 0. The van der Waals surface area contributed by atoms with E-state index in [1.165, 1.54) is 0 Å². The number of ether oxygens (including phenoxy) is 6. The van der Waals surface area contributed by atoms with Gasteiger partial charge in [0.25, 0.3) is 0 Å². The highest BCUT2D eigenvalue weighted by molar-refractivity contribution is 4.95. The van der Waals surface area contributed by atoms with Gasteiger partial charge >= 0.3 is 0 Å². The van der Waals surface area contributed by atoms with Gasteiger partial charge in [-0.3, -0.25) is 0 Å². The third kappa shape index (κ3) is 7.67. The standard InChI is InChI=1S/C22H40O19/c23-1-6(27)7(2-24)37-21-16(33)14(31)12(29)10(40-21)5-36-20-18(35)15(32)19(9(4-26)39-20)41-22-17(34)13(30)11(28)8(3-25)38-22/h6-35H,1-5H2. The maximum absolute atomic E-state index is 10.7. The molecule has 0 amide bonds. The molecular formula is C22H40O19. The maximum Gasteiger partial charge on any atom is 0.187 e. The zero-order chi connectivity index (χ0) is 30.6. The molecule has 41 heavy (non-hydrogen) atoms. The van der Waals surface area contributed by atoms with Gasteiger partial charge in [0.15, 0.2) is 18.9 Å². The van der Waals surface area contributed by atoms with Crippen LogP contribution in [0.2, 0.25) is 0 Å². The molecule has 19 heteroatoms. The van der Waals surface area contributed by atoms with Crippen LogP contribution in [-0.4, -0.2) is 204 Å². The highest BCUT2D eigenvalue weighted by atomic mass is 16.8. The molecule has 0 radical (unpaired) electrons. The minimum Gasteiger partial charge on any atom is -0.394 e. The van der Waals surface area contributed by atoms with Crippen LogP contribution in [0.15, 0.2) is 0 Å². The van der Waals surface area contributed by atoms with Crippen LogP contribution in [0.25, 0.3) is 0 Å². The van der Waals surface area contributed by atoms with Gasteiger partial charge in [0, 0.05) is 0 Å². The summed E-state index contributed by atoms with van der Waals surface area (Å²) in [5.74, 6) is 0. The maximum atomic E-state index is 10.7. The third-order valence-electron chi connectivity index (χ3n) is 7.16. The normalized spacial score (nSPS) is 47.2. The quantitative estimate of drug-likeness (QED) is 0.0977. The molecule has 242 valence electrons. The lowest BCUT2D eigenvalue weighted by Gasteiger charge is -2.46. The molecule has 0 spiro atoms. The molecule has 0 bridgehead atoms. The molecule has 0 aromatic heterocycles. The van der Waals surface area contributed by atoms with E-state index in [-0.39, 0.29) is 0 Å². The third-order valence-corrected chi connectivity index (χ3v) is 7.16. The average Bonchev–Trinajstić information content (AvgIpc) is 2.97. The van der Waals surface area contributed by atoms with Gasteiger partial charge in [-0.2, -0.15) is 0 Å². The van der Waals surface area contributed by atoms with E-state index in [0.717, 1.165) is 0 Å². The van der Waals surface area contributed by atoms with Gasteiger partial charge in [0.1, 0.15) is 85.5 Å². The SMILES string of the molecule is OCC(O)C(CO)OC1OC(COC2OC(CO)C(OC3OC(CO)C(O)C(O)C3O)C(O)C2O)C(O)C(O)C1O. The molecule has 19 nitrogen and oxygen atoms in total. The second-order valence-electron chi connectivity index (χ2n) is 9.96. The average molecular weight is 609 g/mol. The summed E-state index contributed by atoms with van der Waals surface area (Å²) >= 11 is 0. The van der Waals surface area contributed by atoms with Gasteiger partial charge in [0.2, 0.25) is 0 Å². The van der Waals surface area contributed by atoms with Crippen molar-refractivity contribution in [2.45, 2.75) is 104 Å². The summed E-state index contributed by atoms with van der Waals surface area (Å²) in [5, 5.41) is 129. The molecular weight excluding hydrogens is 568 g/mol. The van der Waals surface area contributed by atoms with E-state index in [2.05, 4.69) is 0 Å². The second kappa shape index (κ2) is 15.3. The molecule has 3 fully saturated rings. The van der Waals surface area contributed by atoms with E-state index in [1.807, 2.05) is 0 Å². The van der Waals surface area contributed by atoms with Gasteiger partial charge in [-0.1, -0.05) is 0 Å². The Bertz CT molecular complexity index is 775. The van der Waals surface area contributed by atoms with Gasteiger partial charge in [-0.15, -0.1) is 0 Å². The Morgan fingerprint density at radius 1 is 0.537 bits per heavy atom. The highest BCUT2D eigenvalue weighted by Gasteiger charge is 2.52. The molecule has 3 aliphatic rings. The van der Waals surface area contributed by atoms with E-state index in [4.69, 9.17) is 33.5 Å². The van der Waals surface area contributed by atoms with Gasteiger partial charge in [-0.05, 0) is 0 Å². The summed E-state index contributed by atoms with van der Waals surface area (Å²) < 4.78 is 32.2. The number of aliphatic hydroxyl groups excluding tert-OH is 13. The van der Waals surface area contributed by atoms with E-state index in [9.17, 15) is 61.3 Å². The molecule has 0 aromatic carbocycles. The Balaban J connectivity index is 1.64. The molecule has 3 saturated heterocycles. The van der Waals surface area contributed by atoms with Crippen molar-refractivity contribution in [3.63, 3.8) is 0 Å². The number of rotatable bonds is 12. The minimum absolute atomic E-state index is 0.665. The van der Waals surface area contributed by atoms with Crippen LogP contribution in [-0.2, 0) is 28.4 Å². The first-order chi connectivity index (χ1) is 19.4. The van der Waals surface area contributed by atoms with Gasteiger partial charge in [-0.25, -0.2) is 0 Å². The highest BCUT2D eigenvalue weighted by Crippen LogP contribution is 2.30. The number of hydrogen-bond donors (Lipinski definition) is 13. The summed E-state index contributed by atoms with van der Waals surface area (Å²) in [6.07, 6.45) is -28.6. The zero-order valence-corrected chi connectivity index (χ0v) is 21.6. The predicted octanol–water partition coefficient (Wildman–Crippen LogP) is -8.83. The Morgan fingerprint density at radius 2 is 1.05 bits per heavy atom. The Hall–Kier alpha value is -0.760. The monoisotopic (exact) mass is 608 g/mol. The largest absolute Gasteiger partial charge is 0.394 e. The Morgan fingerprint density at radius 3 is 1.61 bits per heavy atom. The Labute approximate surface area is 232 Å². The fraction of sp³-hybridized carbons (Fsp3) is 1.00. The lowest BCUT2D eigenvalue weighted by Crippen LogP contribution is -2.65. The van der Waals surface area contributed by atoms with Crippen molar-refractivity contribution in [1.82, 2.24) is 0 Å². The van der Waals surface area contributed by atoms with Gasteiger partial charge < -0.3 is 94.8 Å². The molecule has 0 aromatic rings. The topological polar surface area (TPSA) is 318 Å². The summed E-state index contributed by atoms with van der Waals surface area (Å²) in [7, 11) is 0. The van der Waals surface area contributed by atoms with E-state index in [0.29, 0.717) is 0 Å². The van der Waals surface area contributed by atoms with Crippen molar-refractivity contribution in [3.05, 3.63) is 0 Å².